The molecule has 0 saturated heterocycles. The van der Waals surface area contributed by atoms with Gasteiger partial charge in [-0.2, -0.15) is 0 Å². The van der Waals surface area contributed by atoms with Gasteiger partial charge in [0.1, 0.15) is 0 Å². The highest BCUT2D eigenvalue weighted by molar-refractivity contribution is 7.09. The summed E-state index contributed by atoms with van der Waals surface area (Å²) in [6, 6.07) is 0.498. The molecular weight excluding hydrogens is 192 g/mol. The smallest absolute Gasteiger partial charge is 0.0898 e. The molecule has 0 radical (unpaired) electrons. The van der Waals surface area contributed by atoms with Gasteiger partial charge >= 0.3 is 0 Å². The van der Waals surface area contributed by atoms with E-state index in [1.807, 2.05) is 0 Å². The molecule has 2 nitrogen and oxygen atoms in total. The Balaban J connectivity index is 2.00. The molecule has 1 aromatic rings. The second-order valence-corrected chi connectivity index (χ2v) is 5.14. The van der Waals surface area contributed by atoms with Crippen LogP contribution in [-0.4, -0.2) is 11.5 Å². The van der Waals surface area contributed by atoms with Gasteiger partial charge in [0.15, 0.2) is 0 Å². The lowest BCUT2D eigenvalue weighted by atomic mass is 10.1. The maximum Gasteiger partial charge on any atom is 0.0898 e. The van der Waals surface area contributed by atoms with E-state index in [9.17, 15) is 0 Å². The number of hydrogen-bond donors (Lipinski definition) is 1. The van der Waals surface area contributed by atoms with Crippen molar-refractivity contribution < 1.29 is 0 Å². The van der Waals surface area contributed by atoms with Gasteiger partial charge in [-0.15, -0.1) is 11.3 Å². The molecule has 1 N–H and O–H groups in total. The topological polar surface area (TPSA) is 24.9 Å². The van der Waals surface area contributed by atoms with Crippen LogP contribution < -0.4 is 5.32 Å². The second kappa shape index (κ2) is 4.41. The van der Waals surface area contributed by atoms with Crippen LogP contribution in [0.3, 0.4) is 0 Å². The molecule has 2 rings (SSSR count). The summed E-state index contributed by atoms with van der Waals surface area (Å²) in [6.07, 6.45) is 4.12. The van der Waals surface area contributed by atoms with Crippen LogP contribution in [0.25, 0.3) is 0 Å². The van der Waals surface area contributed by atoms with Gasteiger partial charge in [-0.25, -0.2) is 4.98 Å². The lowest BCUT2D eigenvalue weighted by molar-refractivity contribution is 0.478. The molecule has 1 fully saturated rings. The average molecular weight is 210 g/mol. The van der Waals surface area contributed by atoms with E-state index in [2.05, 4.69) is 29.5 Å². The summed E-state index contributed by atoms with van der Waals surface area (Å²) < 4.78 is 0. The number of rotatable bonds is 5. The highest BCUT2D eigenvalue weighted by Gasteiger charge is 2.26. The van der Waals surface area contributed by atoms with Crippen molar-refractivity contribution in [3.05, 3.63) is 16.1 Å². The van der Waals surface area contributed by atoms with Crippen molar-refractivity contribution in [3.8, 4) is 0 Å². The minimum absolute atomic E-state index is 0.498. The fourth-order valence-electron chi connectivity index (χ4n) is 1.78. The predicted octanol–water partition coefficient (Wildman–Crippen LogP) is 2.90. The van der Waals surface area contributed by atoms with Crippen LogP contribution in [0.15, 0.2) is 5.38 Å². The SMILES string of the molecule is CCNC(CC1CC1)c1csc(C)n1. The number of thiazole rings is 1. The van der Waals surface area contributed by atoms with E-state index in [4.69, 9.17) is 0 Å². The van der Waals surface area contributed by atoms with Crippen LogP contribution in [0.2, 0.25) is 0 Å². The van der Waals surface area contributed by atoms with Gasteiger partial charge in [-0.05, 0) is 25.8 Å². The molecule has 1 aliphatic carbocycles. The average Bonchev–Trinajstić information content (AvgIpc) is 2.87. The Bertz CT molecular complexity index is 291. The minimum atomic E-state index is 0.498. The van der Waals surface area contributed by atoms with Crippen molar-refractivity contribution in [2.75, 3.05) is 6.54 Å². The van der Waals surface area contributed by atoms with Crippen LogP contribution in [0.5, 0.6) is 0 Å². The van der Waals surface area contributed by atoms with Crippen LogP contribution in [0.1, 0.15) is 42.9 Å². The monoisotopic (exact) mass is 210 g/mol. The van der Waals surface area contributed by atoms with Gasteiger partial charge in [0.2, 0.25) is 0 Å². The summed E-state index contributed by atoms with van der Waals surface area (Å²) in [5.74, 6) is 0.959. The molecule has 78 valence electrons. The third kappa shape index (κ3) is 2.55. The Morgan fingerprint density at radius 3 is 2.93 bits per heavy atom. The van der Waals surface area contributed by atoms with E-state index >= 15 is 0 Å². The van der Waals surface area contributed by atoms with Crippen molar-refractivity contribution in [3.63, 3.8) is 0 Å². The van der Waals surface area contributed by atoms with E-state index < -0.39 is 0 Å². The van der Waals surface area contributed by atoms with E-state index in [0.717, 1.165) is 12.5 Å². The molecule has 14 heavy (non-hydrogen) atoms. The van der Waals surface area contributed by atoms with Gasteiger partial charge < -0.3 is 5.32 Å². The largest absolute Gasteiger partial charge is 0.309 e. The summed E-state index contributed by atoms with van der Waals surface area (Å²) in [6.45, 7) is 5.28. The molecule has 1 saturated carbocycles. The Morgan fingerprint density at radius 1 is 1.64 bits per heavy atom. The second-order valence-electron chi connectivity index (χ2n) is 4.08. The number of aromatic nitrogens is 1. The normalized spacial score (nSPS) is 18.4. The summed E-state index contributed by atoms with van der Waals surface area (Å²) >= 11 is 1.75. The fraction of sp³-hybridized carbons (Fsp3) is 0.727. The molecule has 3 heteroatoms. The molecule has 1 atom stereocenters. The number of aryl methyl sites for hydroxylation is 1. The zero-order chi connectivity index (χ0) is 9.97. The molecular formula is C11H18N2S. The van der Waals surface area contributed by atoms with Crippen LogP contribution in [-0.2, 0) is 0 Å². The zero-order valence-corrected chi connectivity index (χ0v) is 9.73. The molecule has 0 spiro atoms. The van der Waals surface area contributed by atoms with E-state index in [-0.39, 0.29) is 0 Å². The van der Waals surface area contributed by atoms with Crippen LogP contribution in [0.4, 0.5) is 0 Å². The van der Waals surface area contributed by atoms with Crippen molar-refractivity contribution in [2.45, 2.75) is 39.2 Å². The summed E-state index contributed by atoms with van der Waals surface area (Å²) in [5.41, 5.74) is 1.25. The summed E-state index contributed by atoms with van der Waals surface area (Å²) in [7, 11) is 0. The molecule has 0 aliphatic heterocycles. The minimum Gasteiger partial charge on any atom is -0.309 e. The van der Waals surface area contributed by atoms with Crippen molar-refractivity contribution >= 4 is 11.3 Å². The third-order valence-electron chi connectivity index (χ3n) is 2.71. The first-order valence-corrected chi connectivity index (χ1v) is 6.33. The number of hydrogen-bond acceptors (Lipinski definition) is 3. The lowest BCUT2D eigenvalue weighted by Gasteiger charge is -2.14. The van der Waals surface area contributed by atoms with Crippen molar-refractivity contribution in [1.82, 2.24) is 10.3 Å². The summed E-state index contributed by atoms with van der Waals surface area (Å²) in [4.78, 5) is 4.57. The Morgan fingerprint density at radius 2 is 2.43 bits per heavy atom. The van der Waals surface area contributed by atoms with Gasteiger partial charge in [0.25, 0.3) is 0 Å². The van der Waals surface area contributed by atoms with Crippen molar-refractivity contribution in [2.24, 2.45) is 5.92 Å². The number of nitrogens with zero attached hydrogens (tertiary/aromatic N) is 1. The van der Waals surface area contributed by atoms with Gasteiger partial charge in [0.05, 0.1) is 16.7 Å². The van der Waals surface area contributed by atoms with E-state index in [1.54, 1.807) is 11.3 Å². The Kier molecular flexibility index (Phi) is 3.19. The zero-order valence-electron chi connectivity index (χ0n) is 8.92. The highest BCUT2D eigenvalue weighted by Crippen LogP contribution is 2.37. The van der Waals surface area contributed by atoms with Gasteiger partial charge in [-0.3, -0.25) is 0 Å². The number of nitrogens with one attached hydrogen (secondary N) is 1. The molecule has 0 bridgehead atoms. The quantitative estimate of drug-likeness (QED) is 0.808. The molecule has 0 amide bonds. The molecule has 1 unspecified atom stereocenters. The molecule has 1 heterocycles. The van der Waals surface area contributed by atoms with Crippen molar-refractivity contribution in [1.29, 1.82) is 0 Å². The van der Waals surface area contributed by atoms with E-state index in [0.29, 0.717) is 6.04 Å². The molecule has 1 aliphatic rings. The highest BCUT2D eigenvalue weighted by atomic mass is 32.1. The third-order valence-corrected chi connectivity index (χ3v) is 3.50. The molecule has 1 aromatic heterocycles. The van der Waals surface area contributed by atoms with Gasteiger partial charge in [-0.1, -0.05) is 19.8 Å². The summed E-state index contributed by atoms with van der Waals surface area (Å²) in [5, 5.41) is 6.91. The standard InChI is InChI=1S/C11H18N2S/c1-3-12-10(6-9-4-5-9)11-7-14-8(2)13-11/h7,9-10,12H,3-6H2,1-2H3. The Hall–Kier alpha value is -0.410. The maximum absolute atomic E-state index is 4.57. The van der Waals surface area contributed by atoms with Crippen LogP contribution >= 0.6 is 11.3 Å². The van der Waals surface area contributed by atoms with Crippen LogP contribution in [0, 0.1) is 12.8 Å². The first-order chi connectivity index (χ1) is 6.79. The molecule has 0 aromatic carbocycles. The Labute approximate surface area is 89.8 Å². The first kappa shape index (κ1) is 10.1. The maximum atomic E-state index is 4.57. The predicted molar refractivity (Wildman–Crippen MR) is 60.6 cm³/mol. The van der Waals surface area contributed by atoms with E-state index in [1.165, 1.54) is 30.0 Å². The lowest BCUT2D eigenvalue weighted by Crippen LogP contribution is -2.21. The van der Waals surface area contributed by atoms with Gasteiger partial charge in [0, 0.05) is 5.38 Å². The first-order valence-electron chi connectivity index (χ1n) is 5.45. The fourth-order valence-corrected chi connectivity index (χ4v) is 2.45.